The van der Waals surface area contributed by atoms with Crippen molar-refractivity contribution >= 4 is 17.7 Å². The van der Waals surface area contributed by atoms with Crippen LogP contribution in [0.3, 0.4) is 0 Å². The number of hydrogen-bond acceptors (Lipinski definition) is 3. The van der Waals surface area contributed by atoms with Crippen LogP contribution in [0.2, 0.25) is 0 Å². The van der Waals surface area contributed by atoms with E-state index in [0.717, 1.165) is 30.8 Å². The Morgan fingerprint density at radius 1 is 0.862 bits per heavy atom. The van der Waals surface area contributed by atoms with Gasteiger partial charge in [0.15, 0.2) is 0 Å². The highest BCUT2D eigenvalue weighted by atomic mass is 32.2. The molecule has 0 radical (unpaired) electrons. The molecule has 2 aromatic rings. The second-order valence-electron chi connectivity index (χ2n) is 8.27. The second-order valence-corrected chi connectivity index (χ2v) is 9.42. The van der Waals surface area contributed by atoms with Gasteiger partial charge >= 0.3 is 0 Å². The van der Waals surface area contributed by atoms with Crippen molar-refractivity contribution in [2.24, 2.45) is 0 Å². The number of hydrogen-bond donors (Lipinski definition) is 0. The fourth-order valence-corrected chi connectivity index (χ4v) is 5.53. The van der Waals surface area contributed by atoms with Crippen molar-refractivity contribution in [3.63, 3.8) is 0 Å². The third-order valence-electron chi connectivity index (χ3n) is 6.09. The molecule has 3 nitrogen and oxygen atoms in total. The average Bonchev–Trinajstić information content (AvgIpc) is 3.01. The molecule has 0 bridgehead atoms. The number of benzene rings is 2. The van der Waals surface area contributed by atoms with Gasteiger partial charge in [0, 0.05) is 18.8 Å². The van der Waals surface area contributed by atoms with Gasteiger partial charge in [0.1, 0.15) is 0 Å². The zero-order valence-corrected chi connectivity index (χ0v) is 18.1. The van der Waals surface area contributed by atoms with E-state index in [1.807, 2.05) is 17.8 Å². The van der Waals surface area contributed by atoms with Crippen molar-refractivity contribution in [3.8, 4) is 11.1 Å². The molecular formula is C25H32N2OS. The molecule has 2 aromatic carbocycles. The number of thioether (sulfide) groups is 1. The van der Waals surface area contributed by atoms with Crippen molar-refractivity contribution in [1.29, 1.82) is 0 Å². The summed E-state index contributed by atoms with van der Waals surface area (Å²) in [4.78, 5) is 18.0. The molecule has 2 aliphatic heterocycles. The molecule has 1 unspecified atom stereocenters. The minimum atomic E-state index is 0.293. The normalized spacial score (nSPS) is 21.0. The highest BCUT2D eigenvalue weighted by molar-refractivity contribution is 7.99. The zero-order valence-electron chi connectivity index (χ0n) is 17.3. The lowest BCUT2D eigenvalue weighted by Gasteiger charge is -2.36. The fourth-order valence-electron chi connectivity index (χ4n) is 4.47. The molecule has 154 valence electrons. The van der Waals surface area contributed by atoms with Gasteiger partial charge < -0.3 is 9.80 Å². The van der Waals surface area contributed by atoms with Crippen LogP contribution in [0, 0.1) is 0 Å². The standard InChI is InChI=1S/C25H32N2OS/c28-25(18-21-10-12-23(13-11-21)22-8-3-1-4-9-22)27-16-7-17-29-20-24(27)19-26-14-5-2-6-15-26/h1,3-4,8-13,24H,2,5-7,14-20H2. The Kier molecular flexibility index (Phi) is 7.28. The van der Waals surface area contributed by atoms with E-state index < -0.39 is 0 Å². The Hall–Kier alpha value is -1.78. The Labute approximate surface area is 179 Å². The van der Waals surface area contributed by atoms with E-state index >= 15 is 0 Å². The van der Waals surface area contributed by atoms with Gasteiger partial charge in [0.25, 0.3) is 0 Å². The van der Waals surface area contributed by atoms with Crippen LogP contribution in [0.1, 0.15) is 31.2 Å². The highest BCUT2D eigenvalue weighted by Crippen LogP contribution is 2.22. The summed E-state index contributed by atoms with van der Waals surface area (Å²) in [5.41, 5.74) is 3.54. The molecule has 0 aliphatic carbocycles. The molecule has 2 heterocycles. The van der Waals surface area contributed by atoms with E-state index in [0.29, 0.717) is 18.4 Å². The Bertz CT molecular complexity index is 771. The van der Waals surface area contributed by atoms with Crippen LogP contribution >= 0.6 is 11.8 Å². The van der Waals surface area contributed by atoms with Gasteiger partial charge in [0.05, 0.1) is 12.5 Å². The topological polar surface area (TPSA) is 23.6 Å². The number of rotatable bonds is 5. The largest absolute Gasteiger partial charge is 0.337 e. The molecule has 0 saturated carbocycles. The van der Waals surface area contributed by atoms with Gasteiger partial charge in [-0.2, -0.15) is 11.8 Å². The summed E-state index contributed by atoms with van der Waals surface area (Å²) < 4.78 is 0. The molecule has 2 fully saturated rings. The van der Waals surface area contributed by atoms with Gasteiger partial charge in [0.2, 0.25) is 5.91 Å². The molecule has 1 amide bonds. The fraction of sp³-hybridized carbons (Fsp3) is 0.480. The van der Waals surface area contributed by atoms with E-state index in [9.17, 15) is 4.79 Å². The number of piperidine rings is 1. The second kappa shape index (κ2) is 10.3. The number of likely N-dealkylation sites (tertiary alicyclic amines) is 1. The van der Waals surface area contributed by atoms with Gasteiger partial charge in [-0.05, 0) is 54.8 Å². The van der Waals surface area contributed by atoms with E-state index in [1.54, 1.807) is 0 Å². The van der Waals surface area contributed by atoms with Gasteiger partial charge in [-0.25, -0.2) is 0 Å². The first-order valence-corrected chi connectivity index (χ1v) is 12.2. The average molecular weight is 409 g/mol. The summed E-state index contributed by atoms with van der Waals surface area (Å²) in [5.74, 6) is 2.54. The van der Waals surface area contributed by atoms with E-state index in [2.05, 4.69) is 58.3 Å². The molecule has 4 rings (SSSR count). The van der Waals surface area contributed by atoms with Crippen molar-refractivity contribution < 1.29 is 4.79 Å². The van der Waals surface area contributed by atoms with Gasteiger partial charge in [-0.3, -0.25) is 4.79 Å². The molecule has 1 atom stereocenters. The van der Waals surface area contributed by atoms with Crippen LogP contribution in [0.5, 0.6) is 0 Å². The van der Waals surface area contributed by atoms with Crippen molar-refractivity contribution in [2.75, 3.05) is 37.7 Å². The first-order chi connectivity index (χ1) is 14.3. The van der Waals surface area contributed by atoms with Crippen molar-refractivity contribution in [1.82, 2.24) is 9.80 Å². The monoisotopic (exact) mass is 408 g/mol. The highest BCUT2D eigenvalue weighted by Gasteiger charge is 2.27. The summed E-state index contributed by atoms with van der Waals surface area (Å²) in [6.07, 6.45) is 5.59. The molecule has 2 aliphatic rings. The summed E-state index contributed by atoms with van der Waals surface area (Å²) in [6.45, 7) is 4.35. The van der Waals surface area contributed by atoms with E-state index in [4.69, 9.17) is 0 Å². The van der Waals surface area contributed by atoms with Gasteiger partial charge in [-0.15, -0.1) is 0 Å². The summed E-state index contributed by atoms with van der Waals surface area (Å²) in [5, 5.41) is 0. The smallest absolute Gasteiger partial charge is 0.227 e. The predicted octanol–water partition coefficient (Wildman–Crippen LogP) is 4.72. The van der Waals surface area contributed by atoms with E-state index in [-0.39, 0.29) is 0 Å². The summed E-state index contributed by atoms with van der Waals surface area (Å²) in [6, 6.07) is 19.3. The van der Waals surface area contributed by atoms with Crippen LogP contribution < -0.4 is 0 Å². The first kappa shape index (κ1) is 20.5. The molecule has 0 spiro atoms. The summed E-state index contributed by atoms with van der Waals surface area (Å²) >= 11 is 2.02. The molecule has 0 N–H and O–H groups in total. The first-order valence-electron chi connectivity index (χ1n) is 11.0. The number of carbonyl (C=O) groups excluding carboxylic acids is 1. The maximum Gasteiger partial charge on any atom is 0.227 e. The van der Waals surface area contributed by atoms with Crippen LogP contribution in [-0.2, 0) is 11.2 Å². The van der Waals surface area contributed by atoms with Crippen LogP contribution in [0.4, 0.5) is 0 Å². The third kappa shape index (κ3) is 5.64. The Balaban J connectivity index is 1.40. The Morgan fingerprint density at radius 3 is 2.34 bits per heavy atom. The molecule has 4 heteroatoms. The van der Waals surface area contributed by atoms with Crippen LogP contribution in [0.15, 0.2) is 54.6 Å². The van der Waals surface area contributed by atoms with E-state index in [1.165, 1.54) is 49.2 Å². The lowest BCUT2D eigenvalue weighted by Crippen LogP contribution is -2.49. The Morgan fingerprint density at radius 2 is 1.59 bits per heavy atom. The maximum atomic E-state index is 13.2. The minimum Gasteiger partial charge on any atom is -0.337 e. The molecule has 2 saturated heterocycles. The quantitative estimate of drug-likeness (QED) is 0.715. The van der Waals surface area contributed by atoms with Gasteiger partial charge in [-0.1, -0.05) is 61.0 Å². The van der Waals surface area contributed by atoms with Crippen LogP contribution in [-0.4, -0.2) is 59.4 Å². The van der Waals surface area contributed by atoms with Crippen molar-refractivity contribution in [3.05, 3.63) is 60.2 Å². The number of carbonyl (C=O) groups is 1. The third-order valence-corrected chi connectivity index (χ3v) is 7.29. The SMILES string of the molecule is O=C(Cc1ccc(-c2ccccc2)cc1)N1CCCSCC1CN1CCCCC1. The lowest BCUT2D eigenvalue weighted by atomic mass is 10.0. The number of amides is 1. The minimum absolute atomic E-state index is 0.293. The maximum absolute atomic E-state index is 13.2. The molecular weight excluding hydrogens is 376 g/mol. The predicted molar refractivity (Wildman–Crippen MR) is 123 cm³/mol. The lowest BCUT2D eigenvalue weighted by molar-refractivity contribution is -0.132. The van der Waals surface area contributed by atoms with Crippen molar-refractivity contribution in [2.45, 2.75) is 38.1 Å². The zero-order chi connectivity index (χ0) is 19.9. The molecule has 0 aromatic heterocycles. The molecule has 29 heavy (non-hydrogen) atoms. The van der Waals surface area contributed by atoms with Crippen LogP contribution in [0.25, 0.3) is 11.1 Å². The summed E-state index contributed by atoms with van der Waals surface area (Å²) in [7, 11) is 0. The number of nitrogens with zero attached hydrogens (tertiary/aromatic N) is 2.